The first-order valence-corrected chi connectivity index (χ1v) is 12.8. The van der Waals surface area contributed by atoms with Crippen molar-refractivity contribution in [3.05, 3.63) is 59.4 Å². The van der Waals surface area contributed by atoms with Crippen molar-refractivity contribution in [3.63, 3.8) is 0 Å². The Morgan fingerprint density at radius 3 is 2.30 bits per heavy atom. The maximum Gasteiger partial charge on any atom is 0.317 e. The second-order valence-corrected chi connectivity index (χ2v) is 10.2. The van der Waals surface area contributed by atoms with Crippen molar-refractivity contribution in [2.45, 2.75) is 46.6 Å². The van der Waals surface area contributed by atoms with E-state index in [4.69, 9.17) is 0 Å². The molecular formula is C28H38FN5O3. The zero-order chi connectivity index (χ0) is 27.2. The molecule has 2 aromatic carbocycles. The summed E-state index contributed by atoms with van der Waals surface area (Å²) >= 11 is 0. The number of hydrogen-bond acceptors (Lipinski definition) is 4. The van der Waals surface area contributed by atoms with Gasteiger partial charge >= 0.3 is 6.03 Å². The zero-order valence-electron chi connectivity index (χ0n) is 22.4. The van der Waals surface area contributed by atoms with Crippen LogP contribution in [0, 0.1) is 5.82 Å². The van der Waals surface area contributed by atoms with Gasteiger partial charge in [0.2, 0.25) is 0 Å². The summed E-state index contributed by atoms with van der Waals surface area (Å²) in [5, 5.41) is 5.74. The summed E-state index contributed by atoms with van der Waals surface area (Å²) in [6.45, 7) is 13.2. The van der Waals surface area contributed by atoms with Crippen LogP contribution in [0.15, 0.2) is 42.5 Å². The monoisotopic (exact) mass is 511 g/mol. The van der Waals surface area contributed by atoms with Gasteiger partial charge in [0.1, 0.15) is 5.82 Å². The number of anilines is 2. The molecule has 1 saturated heterocycles. The highest BCUT2D eigenvalue weighted by atomic mass is 19.1. The van der Waals surface area contributed by atoms with Crippen LogP contribution in [0.25, 0.3) is 0 Å². The number of rotatable bonds is 6. The van der Waals surface area contributed by atoms with Gasteiger partial charge in [0.15, 0.2) is 0 Å². The Balaban J connectivity index is 1.87. The highest BCUT2D eigenvalue weighted by molar-refractivity contribution is 6.06. The molecule has 0 saturated carbocycles. The van der Waals surface area contributed by atoms with E-state index in [1.807, 2.05) is 40.7 Å². The van der Waals surface area contributed by atoms with Crippen LogP contribution in [0.3, 0.4) is 0 Å². The number of halogens is 1. The van der Waals surface area contributed by atoms with Crippen molar-refractivity contribution in [1.82, 2.24) is 15.1 Å². The van der Waals surface area contributed by atoms with E-state index in [1.54, 1.807) is 28.0 Å². The van der Waals surface area contributed by atoms with Gasteiger partial charge in [-0.2, -0.15) is 0 Å². The fraction of sp³-hybridized carbons (Fsp3) is 0.464. The topological polar surface area (TPSA) is 85.0 Å². The lowest BCUT2D eigenvalue weighted by Gasteiger charge is -2.29. The SMILES string of the molecule is CCN(CC)C(=O)c1cc(NC(=O)c2ccccc2F)ccc1N1CCCN(C(=O)NC(C)(C)C)CC1. The fourth-order valence-corrected chi connectivity index (χ4v) is 4.35. The molecule has 2 aromatic rings. The van der Waals surface area contributed by atoms with Crippen LogP contribution in [-0.4, -0.2) is 72.5 Å². The van der Waals surface area contributed by atoms with E-state index < -0.39 is 11.7 Å². The van der Waals surface area contributed by atoms with E-state index in [0.717, 1.165) is 12.1 Å². The quantitative estimate of drug-likeness (QED) is 0.595. The Morgan fingerprint density at radius 1 is 0.946 bits per heavy atom. The molecule has 0 atom stereocenters. The van der Waals surface area contributed by atoms with Crippen molar-refractivity contribution in [1.29, 1.82) is 0 Å². The number of hydrogen-bond donors (Lipinski definition) is 2. The van der Waals surface area contributed by atoms with Crippen molar-refractivity contribution in [2.24, 2.45) is 0 Å². The molecule has 1 heterocycles. The Morgan fingerprint density at radius 2 is 1.65 bits per heavy atom. The molecule has 200 valence electrons. The predicted octanol–water partition coefficient (Wildman–Crippen LogP) is 4.58. The molecule has 9 heteroatoms. The summed E-state index contributed by atoms with van der Waals surface area (Å²) in [4.78, 5) is 44.5. The maximum atomic E-state index is 14.1. The molecule has 4 amide bonds. The summed E-state index contributed by atoms with van der Waals surface area (Å²) in [6, 6.07) is 10.9. The van der Waals surface area contributed by atoms with E-state index >= 15 is 0 Å². The number of nitrogens with zero attached hydrogens (tertiary/aromatic N) is 3. The average molecular weight is 512 g/mol. The highest BCUT2D eigenvalue weighted by Crippen LogP contribution is 2.28. The lowest BCUT2D eigenvalue weighted by molar-refractivity contribution is 0.0773. The van der Waals surface area contributed by atoms with Gasteiger partial charge in [0.25, 0.3) is 11.8 Å². The molecule has 0 radical (unpaired) electrons. The van der Waals surface area contributed by atoms with Crippen LogP contribution in [0.1, 0.15) is 61.8 Å². The number of nitrogens with one attached hydrogen (secondary N) is 2. The van der Waals surface area contributed by atoms with E-state index in [-0.39, 0.29) is 23.0 Å². The third-order valence-corrected chi connectivity index (χ3v) is 6.26. The first-order valence-electron chi connectivity index (χ1n) is 12.8. The second kappa shape index (κ2) is 12.1. The summed E-state index contributed by atoms with van der Waals surface area (Å²) in [7, 11) is 0. The molecule has 0 spiro atoms. The summed E-state index contributed by atoms with van der Waals surface area (Å²) in [5.41, 5.74) is 1.23. The maximum absolute atomic E-state index is 14.1. The van der Waals surface area contributed by atoms with Crippen LogP contribution < -0.4 is 15.5 Å². The van der Waals surface area contributed by atoms with E-state index in [1.165, 1.54) is 18.2 Å². The second-order valence-electron chi connectivity index (χ2n) is 10.2. The number of carbonyl (C=O) groups excluding carboxylic acids is 3. The third kappa shape index (κ3) is 7.21. The van der Waals surface area contributed by atoms with Crippen LogP contribution in [0.2, 0.25) is 0 Å². The molecule has 0 aromatic heterocycles. The molecule has 0 aliphatic carbocycles. The summed E-state index contributed by atoms with van der Waals surface area (Å²) < 4.78 is 14.1. The number of urea groups is 1. The first kappa shape index (κ1) is 28.0. The van der Waals surface area contributed by atoms with Gasteiger partial charge in [-0.15, -0.1) is 0 Å². The van der Waals surface area contributed by atoms with Crippen molar-refractivity contribution in [3.8, 4) is 0 Å². The van der Waals surface area contributed by atoms with Crippen LogP contribution in [-0.2, 0) is 0 Å². The molecule has 0 bridgehead atoms. The molecule has 1 fully saturated rings. The minimum absolute atomic E-state index is 0.0654. The Labute approximate surface area is 218 Å². The first-order chi connectivity index (χ1) is 17.5. The van der Waals surface area contributed by atoms with Gasteiger partial charge in [-0.25, -0.2) is 9.18 Å². The van der Waals surface area contributed by atoms with E-state index in [9.17, 15) is 18.8 Å². The van der Waals surface area contributed by atoms with Gasteiger partial charge < -0.3 is 25.3 Å². The standard InChI is InChI=1S/C28H38FN5O3/c1-6-32(7-2)26(36)22-19-20(30-25(35)21-11-8-9-12-23(21)29)13-14-24(22)33-15-10-16-34(18-17-33)27(37)31-28(3,4)5/h8-9,11-14,19H,6-7,10,15-18H2,1-5H3,(H,30,35)(H,31,37). The van der Waals surface area contributed by atoms with Gasteiger partial charge in [0.05, 0.1) is 11.1 Å². The van der Waals surface area contributed by atoms with Crippen LogP contribution in [0.4, 0.5) is 20.6 Å². The summed E-state index contributed by atoms with van der Waals surface area (Å²) in [5.74, 6) is -1.34. The van der Waals surface area contributed by atoms with E-state index in [0.29, 0.717) is 50.5 Å². The smallest absolute Gasteiger partial charge is 0.317 e. The number of amides is 4. The molecule has 2 N–H and O–H groups in total. The minimum Gasteiger partial charge on any atom is -0.369 e. The summed E-state index contributed by atoms with van der Waals surface area (Å²) in [6.07, 6.45) is 0.752. The average Bonchev–Trinajstić information content (AvgIpc) is 3.10. The molecule has 1 aliphatic rings. The molecule has 37 heavy (non-hydrogen) atoms. The molecule has 8 nitrogen and oxygen atoms in total. The molecular weight excluding hydrogens is 473 g/mol. The van der Waals surface area contributed by atoms with Crippen molar-refractivity contribution < 1.29 is 18.8 Å². The Bertz CT molecular complexity index is 1130. The van der Waals surface area contributed by atoms with Gasteiger partial charge in [0, 0.05) is 56.2 Å². The van der Waals surface area contributed by atoms with Crippen LogP contribution >= 0.6 is 0 Å². The van der Waals surface area contributed by atoms with E-state index in [2.05, 4.69) is 15.5 Å². The molecule has 1 aliphatic heterocycles. The molecule has 0 unspecified atom stereocenters. The predicted molar refractivity (Wildman–Crippen MR) is 145 cm³/mol. The van der Waals surface area contributed by atoms with Gasteiger partial charge in [-0.1, -0.05) is 12.1 Å². The van der Waals surface area contributed by atoms with Crippen LogP contribution in [0.5, 0.6) is 0 Å². The lowest BCUT2D eigenvalue weighted by Crippen LogP contribution is -2.49. The lowest BCUT2D eigenvalue weighted by atomic mass is 10.1. The normalized spacial score (nSPS) is 14.1. The largest absolute Gasteiger partial charge is 0.369 e. The number of benzene rings is 2. The van der Waals surface area contributed by atoms with Crippen molar-refractivity contribution >= 4 is 29.2 Å². The minimum atomic E-state index is -0.610. The van der Waals surface area contributed by atoms with Crippen molar-refractivity contribution in [2.75, 3.05) is 49.5 Å². The highest BCUT2D eigenvalue weighted by Gasteiger charge is 2.26. The van der Waals surface area contributed by atoms with Gasteiger partial charge in [-0.05, 0) is 71.4 Å². The number of carbonyl (C=O) groups is 3. The molecule has 3 rings (SSSR count). The zero-order valence-corrected chi connectivity index (χ0v) is 22.4. The fourth-order valence-electron chi connectivity index (χ4n) is 4.35. The Hall–Kier alpha value is -3.62. The Kier molecular flexibility index (Phi) is 9.13. The van der Waals surface area contributed by atoms with Gasteiger partial charge in [-0.3, -0.25) is 9.59 Å². The third-order valence-electron chi connectivity index (χ3n) is 6.26.